The van der Waals surface area contributed by atoms with E-state index in [0.717, 1.165) is 0 Å². The SMILES string of the molecule is COc1ccc(C(=O)N2CCC(N3C(=O)COC3=O)CC2)cc1OC. The topological polar surface area (TPSA) is 85.4 Å². The molecule has 0 aliphatic carbocycles. The number of imide groups is 1. The predicted molar refractivity (Wildman–Crippen MR) is 86.7 cm³/mol. The van der Waals surface area contributed by atoms with Crippen molar-refractivity contribution < 1.29 is 28.6 Å². The molecule has 1 aromatic carbocycles. The number of ether oxygens (including phenoxy) is 3. The van der Waals surface area contributed by atoms with Gasteiger partial charge < -0.3 is 19.1 Å². The second kappa shape index (κ2) is 7.00. The molecule has 2 aliphatic heterocycles. The summed E-state index contributed by atoms with van der Waals surface area (Å²) in [4.78, 5) is 38.9. The van der Waals surface area contributed by atoms with Crippen LogP contribution >= 0.6 is 0 Å². The van der Waals surface area contributed by atoms with Crippen LogP contribution in [0.25, 0.3) is 0 Å². The first kappa shape index (κ1) is 17.1. The highest BCUT2D eigenvalue weighted by Gasteiger charge is 2.39. The van der Waals surface area contributed by atoms with E-state index in [1.54, 1.807) is 23.1 Å². The summed E-state index contributed by atoms with van der Waals surface area (Å²) in [5.41, 5.74) is 0.507. The van der Waals surface area contributed by atoms with Crippen LogP contribution < -0.4 is 9.47 Å². The molecule has 0 atom stereocenters. The zero-order chi connectivity index (χ0) is 18.0. The highest BCUT2D eigenvalue weighted by atomic mass is 16.6. The van der Waals surface area contributed by atoms with Gasteiger partial charge in [-0.05, 0) is 31.0 Å². The van der Waals surface area contributed by atoms with E-state index in [1.807, 2.05) is 0 Å². The lowest BCUT2D eigenvalue weighted by molar-refractivity contribution is -0.127. The highest BCUT2D eigenvalue weighted by Crippen LogP contribution is 2.29. The van der Waals surface area contributed by atoms with Crippen molar-refractivity contribution >= 4 is 17.9 Å². The van der Waals surface area contributed by atoms with Crippen molar-refractivity contribution in [1.29, 1.82) is 0 Å². The Hall–Kier alpha value is -2.77. The lowest BCUT2D eigenvalue weighted by atomic mass is 10.0. The molecule has 8 nitrogen and oxygen atoms in total. The van der Waals surface area contributed by atoms with E-state index in [9.17, 15) is 14.4 Å². The molecule has 3 rings (SSSR count). The van der Waals surface area contributed by atoms with Crippen molar-refractivity contribution in [2.45, 2.75) is 18.9 Å². The summed E-state index contributed by atoms with van der Waals surface area (Å²) < 4.78 is 15.2. The van der Waals surface area contributed by atoms with E-state index < -0.39 is 6.09 Å². The van der Waals surface area contributed by atoms with Gasteiger partial charge in [0.25, 0.3) is 11.8 Å². The normalized spacial score (nSPS) is 18.3. The molecule has 8 heteroatoms. The third-order valence-electron chi connectivity index (χ3n) is 4.53. The Bertz CT molecular complexity index is 680. The predicted octanol–water partition coefficient (Wildman–Crippen LogP) is 1.29. The van der Waals surface area contributed by atoms with E-state index >= 15 is 0 Å². The van der Waals surface area contributed by atoms with Gasteiger partial charge in [-0.1, -0.05) is 0 Å². The smallest absolute Gasteiger partial charge is 0.417 e. The number of likely N-dealkylation sites (tertiary alicyclic amines) is 1. The number of hydrogen-bond donors (Lipinski definition) is 0. The standard InChI is InChI=1S/C17H20N2O6/c1-23-13-4-3-11(9-14(13)24-2)16(21)18-7-5-12(6-8-18)19-15(20)10-25-17(19)22/h3-4,9,12H,5-8,10H2,1-2H3. The quantitative estimate of drug-likeness (QED) is 0.815. The van der Waals surface area contributed by atoms with Crippen molar-refractivity contribution in [3.05, 3.63) is 23.8 Å². The molecule has 3 amide bonds. The molecule has 0 spiro atoms. The van der Waals surface area contributed by atoms with Crippen LogP contribution in [0.2, 0.25) is 0 Å². The summed E-state index contributed by atoms with van der Waals surface area (Å²) >= 11 is 0. The van der Waals surface area contributed by atoms with Gasteiger partial charge in [-0.2, -0.15) is 0 Å². The van der Waals surface area contributed by atoms with Gasteiger partial charge >= 0.3 is 6.09 Å². The molecular formula is C17H20N2O6. The first-order chi connectivity index (χ1) is 12.0. The zero-order valence-corrected chi connectivity index (χ0v) is 14.2. The van der Waals surface area contributed by atoms with Gasteiger partial charge in [0.05, 0.1) is 14.2 Å². The number of carbonyl (C=O) groups is 3. The molecule has 2 fully saturated rings. The molecule has 0 bridgehead atoms. The van der Waals surface area contributed by atoms with Gasteiger partial charge in [0.1, 0.15) is 0 Å². The summed E-state index contributed by atoms with van der Waals surface area (Å²) in [6.45, 7) is 0.743. The molecule has 0 aromatic heterocycles. The summed E-state index contributed by atoms with van der Waals surface area (Å²) in [5.74, 6) is 0.627. The number of hydrogen-bond acceptors (Lipinski definition) is 6. The fourth-order valence-corrected chi connectivity index (χ4v) is 3.20. The molecule has 2 saturated heterocycles. The minimum atomic E-state index is -0.588. The molecular weight excluding hydrogens is 328 g/mol. The Labute approximate surface area is 145 Å². The van der Waals surface area contributed by atoms with Gasteiger partial charge in [-0.25, -0.2) is 9.69 Å². The lowest BCUT2D eigenvalue weighted by Gasteiger charge is -2.34. The van der Waals surface area contributed by atoms with Crippen LogP contribution in [-0.4, -0.2) is 67.7 Å². The van der Waals surface area contributed by atoms with Crippen molar-refractivity contribution in [1.82, 2.24) is 9.80 Å². The second-order valence-corrected chi connectivity index (χ2v) is 5.91. The average Bonchev–Trinajstić information content (AvgIpc) is 2.99. The van der Waals surface area contributed by atoms with Crippen LogP contribution in [0.15, 0.2) is 18.2 Å². The minimum Gasteiger partial charge on any atom is -0.493 e. The Morgan fingerprint density at radius 3 is 2.36 bits per heavy atom. The lowest BCUT2D eigenvalue weighted by Crippen LogP contribution is -2.48. The highest BCUT2D eigenvalue weighted by molar-refractivity contribution is 5.98. The van der Waals surface area contributed by atoms with Crippen molar-refractivity contribution in [2.75, 3.05) is 33.9 Å². The maximum atomic E-state index is 12.7. The molecule has 0 saturated carbocycles. The maximum absolute atomic E-state index is 12.7. The van der Waals surface area contributed by atoms with Gasteiger partial charge in [0.15, 0.2) is 18.1 Å². The van der Waals surface area contributed by atoms with Gasteiger partial charge in [0, 0.05) is 24.7 Å². The van der Waals surface area contributed by atoms with Gasteiger partial charge in [-0.3, -0.25) is 9.59 Å². The third-order valence-corrected chi connectivity index (χ3v) is 4.53. The zero-order valence-electron chi connectivity index (χ0n) is 14.2. The van der Waals surface area contributed by atoms with Gasteiger partial charge in [-0.15, -0.1) is 0 Å². The van der Waals surface area contributed by atoms with E-state index in [2.05, 4.69) is 0 Å². The van der Waals surface area contributed by atoms with Crippen molar-refractivity contribution in [3.63, 3.8) is 0 Å². The molecule has 1 aromatic rings. The number of amides is 3. The Balaban J connectivity index is 1.65. The van der Waals surface area contributed by atoms with Crippen LogP contribution in [0.4, 0.5) is 4.79 Å². The van der Waals surface area contributed by atoms with E-state index in [1.165, 1.54) is 19.1 Å². The van der Waals surface area contributed by atoms with E-state index in [0.29, 0.717) is 43.0 Å². The Morgan fingerprint density at radius 1 is 1.12 bits per heavy atom. The van der Waals surface area contributed by atoms with E-state index in [4.69, 9.17) is 14.2 Å². The van der Waals surface area contributed by atoms with Crippen LogP contribution in [-0.2, 0) is 9.53 Å². The number of rotatable bonds is 4. The maximum Gasteiger partial charge on any atom is 0.417 e. The fourth-order valence-electron chi connectivity index (χ4n) is 3.20. The molecule has 0 unspecified atom stereocenters. The Kier molecular flexibility index (Phi) is 4.78. The average molecular weight is 348 g/mol. The summed E-state index contributed by atoms with van der Waals surface area (Å²) in [5, 5.41) is 0. The van der Waals surface area contributed by atoms with Crippen LogP contribution in [0, 0.1) is 0 Å². The number of piperidine rings is 1. The second-order valence-electron chi connectivity index (χ2n) is 5.91. The number of cyclic esters (lactones) is 1. The summed E-state index contributed by atoms with van der Waals surface area (Å²) in [6.07, 6.45) is 0.495. The first-order valence-electron chi connectivity index (χ1n) is 8.05. The van der Waals surface area contributed by atoms with Crippen LogP contribution in [0.3, 0.4) is 0 Å². The number of nitrogens with zero attached hydrogens (tertiary/aromatic N) is 2. The van der Waals surface area contributed by atoms with Gasteiger partial charge in [0.2, 0.25) is 0 Å². The molecule has 25 heavy (non-hydrogen) atoms. The molecule has 0 radical (unpaired) electrons. The minimum absolute atomic E-state index is 0.116. The monoisotopic (exact) mass is 348 g/mol. The number of methoxy groups -OCH3 is 2. The largest absolute Gasteiger partial charge is 0.493 e. The molecule has 2 aliphatic rings. The molecule has 2 heterocycles. The van der Waals surface area contributed by atoms with Crippen molar-refractivity contribution in [3.8, 4) is 11.5 Å². The van der Waals surface area contributed by atoms with Crippen LogP contribution in [0.1, 0.15) is 23.2 Å². The van der Waals surface area contributed by atoms with Crippen molar-refractivity contribution in [2.24, 2.45) is 0 Å². The number of benzene rings is 1. The fraction of sp³-hybridized carbons (Fsp3) is 0.471. The Morgan fingerprint density at radius 2 is 1.80 bits per heavy atom. The van der Waals surface area contributed by atoms with E-state index in [-0.39, 0.29) is 24.5 Å². The first-order valence-corrected chi connectivity index (χ1v) is 8.05. The third kappa shape index (κ3) is 3.24. The molecule has 134 valence electrons. The summed E-state index contributed by atoms with van der Waals surface area (Å²) in [7, 11) is 3.05. The summed E-state index contributed by atoms with van der Waals surface area (Å²) in [6, 6.07) is 4.82. The van der Waals surface area contributed by atoms with Crippen LogP contribution in [0.5, 0.6) is 11.5 Å². The number of carbonyl (C=O) groups excluding carboxylic acids is 3. The molecule has 0 N–H and O–H groups in total.